The van der Waals surface area contributed by atoms with E-state index in [4.69, 9.17) is 4.74 Å². The van der Waals surface area contributed by atoms with E-state index in [-0.39, 0.29) is 11.6 Å². The minimum Gasteiger partial charge on any atom is -0.383 e. The van der Waals surface area contributed by atoms with Crippen molar-refractivity contribution in [2.24, 2.45) is 0 Å². The standard InChI is InChI=1S/C14H17FN4O2S2/c1-9(12(20)17-11-6-4-3-5-10(11)15)22-14-19-18-13(23-14)16-7-8-21-2/h3-6,9H,7-8H2,1-2H3,(H,16,18)(H,17,20)/t9-/m1/s1. The van der Waals surface area contributed by atoms with Crippen LogP contribution in [0.25, 0.3) is 0 Å². The van der Waals surface area contributed by atoms with Gasteiger partial charge in [-0.1, -0.05) is 35.2 Å². The van der Waals surface area contributed by atoms with Gasteiger partial charge >= 0.3 is 0 Å². The number of aromatic nitrogens is 2. The van der Waals surface area contributed by atoms with Gasteiger partial charge in [0.1, 0.15) is 5.82 Å². The predicted octanol–water partition coefficient (Wildman–Crippen LogP) is 2.85. The maximum absolute atomic E-state index is 13.5. The van der Waals surface area contributed by atoms with Crippen molar-refractivity contribution in [2.45, 2.75) is 16.5 Å². The number of ether oxygens (including phenoxy) is 1. The number of rotatable bonds is 8. The van der Waals surface area contributed by atoms with E-state index in [1.807, 2.05) is 0 Å². The van der Waals surface area contributed by atoms with Gasteiger partial charge in [0, 0.05) is 13.7 Å². The van der Waals surface area contributed by atoms with Crippen LogP contribution in [0.15, 0.2) is 28.6 Å². The van der Waals surface area contributed by atoms with Crippen LogP contribution in [0.2, 0.25) is 0 Å². The summed E-state index contributed by atoms with van der Waals surface area (Å²) in [5.74, 6) is -0.747. The topological polar surface area (TPSA) is 76.1 Å². The molecule has 0 aliphatic heterocycles. The van der Waals surface area contributed by atoms with E-state index < -0.39 is 11.1 Å². The Morgan fingerprint density at radius 2 is 2.22 bits per heavy atom. The van der Waals surface area contributed by atoms with Crippen molar-refractivity contribution in [1.29, 1.82) is 0 Å². The molecule has 23 heavy (non-hydrogen) atoms. The number of amides is 1. The van der Waals surface area contributed by atoms with Gasteiger partial charge in [-0.15, -0.1) is 10.2 Å². The number of carbonyl (C=O) groups is 1. The normalized spacial score (nSPS) is 12.0. The summed E-state index contributed by atoms with van der Waals surface area (Å²) < 4.78 is 19.1. The van der Waals surface area contributed by atoms with Crippen LogP contribution in [0.4, 0.5) is 15.2 Å². The van der Waals surface area contributed by atoms with Gasteiger partial charge in [0.05, 0.1) is 17.5 Å². The zero-order chi connectivity index (χ0) is 16.7. The van der Waals surface area contributed by atoms with Gasteiger partial charge < -0.3 is 15.4 Å². The minimum absolute atomic E-state index is 0.170. The maximum atomic E-state index is 13.5. The van der Waals surface area contributed by atoms with Crippen molar-refractivity contribution < 1.29 is 13.9 Å². The molecule has 124 valence electrons. The highest BCUT2D eigenvalue weighted by Gasteiger charge is 2.18. The minimum atomic E-state index is -0.460. The highest BCUT2D eigenvalue weighted by Crippen LogP contribution is 2.29. The second-order valence-electron chi connectivity index (χ2n) is 4.52. The van der Waals surface area contributed by atoms with Gasteiger partial charge in [0.25, 0.3) is 0 Å². The molecule has 0 aliphatic rings. The lowest BCUT2D eigenvalue weighted by molar-refractivity contribution is -0.115. The Bertz CT molecular complexity index is 653. The first kappa shape index (κ1) is 17.6. The molecule has 1 aromatic carbocycles. The molecule has 0 radical (unpaired) electrons. The third-order valence-electron chi connectivity index (χ3n) is 2.77. The van der Waals surface area contributed by atoms with Crippen molar-refractivity contribution in [3.8, 4) is 0 Å². The smallest absolute Gasteiger partial charge is 0.237 e. The number of nitrogens with one attached hydrogen (secondary N) is 2. The molecule has 1 heterocycles. The predicted molar refractivity (Wildman–Crippen MR) is 90.6 cm³/mol. The Morgan fingerprint density at radius 3 is 2.96 bits per heavy atom. The quantitative estimate of drug-likeness (QED) is 0.559. The van der Waals surface area contributed by atoms with E-state index in [0.29, 0.717) is 22.6 Å². The molecule has 1 amide bonds. The molecule has 2 N–H and O–H groups in total. The van der Waals surface area contributed by atoms with Gasteiger partial charge in [0.15, 0.2) is 4.34 Å². The molecule has 2 aromatic rings. The van der Waals surface area contributed by atoms with Crippen LogP contribution in [-0.2, 0) is 9.53 Å². The number of hydrogen-bond donors (Lipinski definition) is 2. The summed E-state index contributed by atoms with van der Waals surface area (Å²) in [6.45, 7) is 2.95. The van der Waals surface area contributed by atoms with Gasteiger partial charge in [0.2, 0.25) is 11.0 Å². The Hall–Kier alpha value is -1.71. The fraction of sp³-hybridized carbons (Fsp3) is 0.357. The lowest BCUT2D eigenvalue weighted by Crippen LogP contribution is -2.22. The van der Waals surface area contributed by atoms with Crippen molar-refractivity contribution in [2.75, 3.05) is 30.9 Å². The highest BCUT2D eigenvalue weighted by atomic mass is 32.2. The number of hydrogen-bond acceptors (Lipinski definition) is 7. The molecule has 6 nitrogen and oxygen atoms in total. The summed E-state index contributed by atoms with van der Waals surface area (Å²) in [4.78, 5) is 12.1. The average Bonchev–Trinajstić information content (AvgIpc) is 2.97. The van der Waals surface area contributed by atoms with Crippen LogP contribution >= 0.6 is 23.1 Å². The summed E-state index contributed by atoms with van der Waals surface area (Å²) in [7, 11) is 1.62. The molecule has 0 fully saturated rings. The summed E-state index contributed by atoms with van der Waals surface area (Å²) in [6.07, 6.45) is 0. The van der Waals surface area contributed by atoms with E-state index in [9.17, 15) is 9.18 Å². The summed E-state index contributed by atoms with van der Waals surface area (Å²) >= 11 is 2.63. The van der Waals surface area contributed by atoms with Crippen LogP contribution in [-0.4, -0.2) is 41.6 Å². The largest absolute Gasteiger partial charge is 0.383 e. The molecule has 2 rings (SSSR count). The Labute approximate surface area is 141 Å². The fourth-order valence-corrected chi connectivity index (χ4v) is 3.51. The molecule has 9 heteroatoms. The summed E-state index contributed by atoms with van der Waals surface area (Å²) in [5, 5.41) is 13.9. The van der Waals surface area contributed by atoms with Gasteiger partial charge in [-0.25, -0.2) is 4.39 Å². The Balaban J connectivity index is 1.87. The van der Waals surface area contributed by atoms with Gasteiger partial charge in [-0.3, -0.25) is 4.79 Å². The average molecular weight is 356 g/mol. The van der Waals surface area contributed by atoms with Crippen LogP contribution in [0, 0.1) is 5.82 Å². The number of benzene rings is 1. The highest BCUT2D eigenvalue weighted by molar-refractivity contribution is 8.02. The third-order valence-corrected chi connectivity index (χ3v) is 4.83. The zero-order valence-electron chi connectivity index (χ0n) is 12.7. The van der Waals surface area contributed by atoms with E-state index in [1.165, 1.54) is 35.2 Å². The lowest BCUT2D eigenvalue weighted by Gasteiger charge is -2.10. The van der Waals surface area contributed by atoms with E-state index in [1.54, 1.807) is 26.2 Å². The van der Waals surface area contributed by atoms with Crippen molar-refractivity contribution in [3.05, 3.63) is 30.1 Å². The number of para-hydroxylation sites is 1. The summed E-state index contributed by atoms with van der Waals surface area (Å²) in [6, 6.07) is 6.06. The van der Waals surface area contributed by atoms with Gasteiger partial charge in [-0.05, 0) is 19.1 Å². The fourth-order valence-electron chi connectivity index (χ4n) is 1.59. The second-order valence-corrected chi connectivity index (χ2v) is 7.09. The number of thioether (sulfide) groups is 1. The number of anilines is 2. The summed E-state index contributed by atoms with van der Waals surface area (Å²) in [5.41, 5.74) is 0.170. The monoisotopic (exact) mass is 356 g/mol. The second kappa shape index (κ2) is 8.80. The van der Waals surface area contributed by atoms with Crippen molar-refractivity contribution >= 4 is 39.8 Å². The molecule has 0 saturated carbocycles. The lowest BCUT2D eigenvalue weighted by atomic mass is 10.3. The van der Waals surface area contributed by atoms with E-state index >= 15 is 0 Å². The first-order chi connectivity index (χ1) is 11.1. The molecule has 1 aromatic heterocycles. The van der Waals surface area contributed by atoms with Gasteiger partial charge in [-0.2, -0.15) is 0 Å². The Kier molecular flexibility index (Phi) is 6.75. The first-order valence-corrected chi connectivity index (χ1v) is 8.58. The molecular weight excluding hydrogens is 339 g/mol. The molecular formula is C14H17FN4O2S2. The molecule has 0 spiro atoms. The van der Waals surface area contributed by atoms with Crippen LogP contribution < -0.4 is 10.6 Å². The van der Waals surface area contributed by atoms with Crippen LogP contribution in [0.3, 0.4) is 0 Å². The number of halogens is 1. The first-order valence-electron chi connectivity index (χ1n) is 6.88. The van der Waals surface area contributed by atoms with E-state index in [0.717, 1.165) is 0 Å². The van der Waals surface area contributed by atoms with E-state index in [2.05, 4.69) is 20.8 Å². The zero-order valence-corrected chi connectivity index (χ0v) is 14.3. The molecule has 0 bridgehead atoms. The molecule has 0 aliphatic carbocycles. The van der Waals surface area contributed by atoms with Crippen molar-refractivity contribution in [3.63, 3.8) is 0 Å². The Morgan fingerprint density at radius 1 is 1.43 bits per heavy atom. The van der Waals surface area contributed by atoms with Crippen molar-refractivity contribution in [1.82, 2.24) is 10.2 Å². The third kappa shape index (κ3) is 5.45. The SMILES string of the molecule is COCCNc1nnc(S[C@H](C)C(=O)Nc2ccccc2F)s1. The maximum Gasteiger partial charge on any atom is 0.237 e. The molecule has 1 atom stereocenters. The molecule has 0 unspecified atom stereocenters. The van der Waals surface area contributed by atoms with Crippen LogP contribution in [0.1, 0.15) is 6.92 Å². The number of nitrogens with zero attached hydrogens (tertiary/aromatic N) is 2. The van der Waals surface area contributed by atoms with Crippen LogP contribution in [0.5, 0.6) is 0 Å². The molecule has 0 saturated heterocycles. The number of methoxy groups -OCH3 is 1. The number of carbonyl (C=O) groups excluding carboxylic acids is 1.